The zero-order valence-electron chi connectivity index (χ0n) is 18.4. The normalized spacial score (nSPS) is 11.3. The van der Waals surface area contributed by atoms with E-state index >= 15 is 0 Å². The van der Waals surface area contributed by atoms with Crippen molar-refractivity contribution in [1.82, 2.24) is 10.6 Å². The molecule has 1 unspecified atom stereocenters. The van der Waals surface area contributed by atoms with Gasteiger partial charge in [0.05, 0.1) is 12.5 Å². The van der Waals surface area contributed by atoms with Gasteiger partial charge >= 0.3 is 5.97 Å². The lowest BCUT2D eigenvalue weighted by Gasteiger charge is -2.19. The van der Waals surface area contributed by atoms with Gasteiger partial charge in [0.15, 0.2) is 6.61 Å². The maximum absolute atomic E-state index is 12.6. The van der Waals surface area contributed by atoms with Crippen LogP contribution in [0.25, 0.3) is 0 Å². The molecule has 2 N–H and O–H groups in total. The summed E-state index contributed by atoms with van der Waals surface area (Å²) in [5, 5.41) is 5.65. The molecule has 0 aromatic heterocycles. The highest BCUT2D eigenvalue weighted by Gasteiger charge is 2.20. The zero-order valence-corrected chi connectivity index (χ0v) is 18.4. The molecule has 3 aromatic rings. The predicted octanol–water partition coefficient (Wildman–Crippen LogP) is 3.84. The van der Waals surface area contributed by atoms with Crippen LogP contribution in [0.15, 0.2) is 91.0 Å². The minimum atomic E-state index is -0.569. The number of amides is 2. The van der Waals surface area contributed by atoms with Crippen molar-refractivity contribution in [2.24, 2.45) is 0 Å². The number of carbonyl (C=O) groups is 3. The molecule has 0 saturated heterocycles. The highest BCUT2D eigenvalue weighted by molar-refractivity contribution is 5.94. The van der Waals surface area contributed by atoms with Crippen LogP contribution in [0.4, 0.5) is 0 Å². The smallest absolute Gasteiger partial charge is 0.308 e. The number of rotatable bonds is 11. The molecule has 6 nitrogen and oxygen atoms in total. The summed E-state index contributed by atoms with van der Waals surface area (Å²) in [6.45, 7) is 0.156. The van der Waals surface area contributed by atoms with Crippen LogP contribution < -0.4 is 10.6 Å². The van der Waals surface area contributed by atoms with Crippen LogP contribution in [0.1, 0.15) is 40.4 Å². The third kappa shape index (κ3) is 8.26. The average Bonchev–Trinajstić information content (AvgIpc) is 2.86. The second kappa shape index (κ2) is 12.8. The van der Waals surface area contributed by atoms with Crippen molar-refractivity contribution < 1.29 is 19.1 Å². The SMILES string of the molecule is O=C(COC(=O)CC(NC(=O)c1ccccc1)c1ccccc1)NCCCc1ccccc1. The Morgan fingerprint density at radius 2 is 1.39 bits per heavy atom. The Morgan fingerprint density at radius 3 is 2.06 bits per heavy atom. The second-order valence-electron chi connectivity index (χ2n) is 7.61. The molecule has 0 spiro atoms. The van der Waals surface area contributed by atoms with Gasteiger partial charge < -0.3 is 15.4 Å². The Kier molecular flexibility index (Phi) is 9.21. The molecule has 0 radical (unpaired) electrons. The van der Waals surface area contributed by atoms with E-state index in [4.69, 9.17) is 4.74 Å². The summed E-state index contributed by atoms with van der Waals surface area (Å²) >= 11 is 0. The highest BCUT2D eigenvalue weighted by atomic mass is 16.5. The molecule has 0 fully saturated rings. The molecule has 0 aliphatic heterocycles. The van der Waals surface area contributed by atoms with E-state index in [0.717, 1.165) is 18.4 Å². The minimum absolute atomic E-state index is 0.0795. The molecule has 0 aliphatic carbocycles. The van der Waals surface area contributed by atoms with Crippen LogP contribution in [0.5, 0.6) is 0 Å². The molecule has 1 atom stereocenters. The number of aryl methyl sites for hydroxylation is 1. The number of carbonyl (C=O) groups excluding carboxylic acids is 3. The van der Waals surface area contributed by atoms with E-state index in [2.05, 4.69) is 10.6 Å². The lowest BCUT2D eigenvalue weighted by atomic mass is 10.0. The van der Waals surface area contributed by atoms with Crippen molar-refractivity contribution in [2.45, 2.75) is 25.3 Å². The molecule has 0 aliphatic rings. The van der Waals surface area contributed by atoms with E-state index in [1.165, 1.54) is 5.56 Å². The van der Waals surface area contributed by atoms with Crippen LogP contribution in [0.3, 0.4) is 0 Å². The van der Waals surface area contributed by atoms with Crippen molar-refractivity contribution in [3.8, 4) is 0 Å². The topological polar surface area (TPSA) is 84.5 Å². The third-order valence-electron chi connectivity index (χ3n) is 5.09. The van der Waals surface area contributed by atoms with Crippen molar-refractivity contribution in [3.63, 3.8) is 0 Å². The Balaban J connectivity index is 1.45. The summed E-state index contributed by atoms with van der Waals surface area (Å²) in [5.41, 5.74) is 2.49. The molecule has 0 saturated carbocycles. The van der Waals surface area contributed by atoms with Crippen LogP contribution >= 0.6 is 0 Å². The first-order chi connectivity index (χ1) is 16.1. The summed E-state index contributed by atoms with van der Waals surface area (Å²) in [6.07, 6.45) is 1.58. The van der Waals surface area contributed by atoms with Crippen molar-refractivity contribution in [1.29, 1.82) is 0 Å². The number of hydrogen-bond acceptors (Lipinski definition) is 4. The fourth-order valence-electron chi connectivity index (χ4n) is 3.36. The van der Waals surface area contributed by atoms with Crippen molar-refractivity contribution in [2.75, 3.05) is 13.2 Å². The first-order valence-corrected chi connectivity index (χ1v) is 11.0. The van der Waals surface area contributed by atoms with Gasteiger partial charge in [0, 0.05) is 12.1 Å². The van der Waals surface area contributed by atoms with Gasteiger partial charge in [0.2, 0.25) is 0 Å². The Labute approximate surface area is 194 Å². The van der Waals surface area contributed by atoms with E-state index in [1.807, 2.05) is 66.7 Å². The van der Waals surface area contributed by atoms with Gasteiger partial charge in [-0.15, -0.1) is 0 Å². The van der Waals surface area contributed by atoms with Gasteiger partial charge in [-0.25, -0.2) is 0 Å². The number of nitrogens with one attached hydrogen (secondary N) is 2. The van der Waals surface area contributed by atoms with Crippen molar-refractivity contribution in [3.05, 3.63) is 108 Å². The molecule has 0 heterocycles. The molecule has 3 aromatic carbocycles. The molecular weight excluding hydrogens is 416 g/mol. The number of benzene rings is 3. The van der Waals surface area contributed by atoms with Gasteiger partial charge in [0.1, 0.15) is 0 Å². The molecule has 3 rings (SSSR count). The summed E-state index contributed by atoms with van der Waals surface area (Å²) in [6, 6.07) is 27.5. The summed E-state index contributed by atoms with van der Waals surface area (Å²) < 4.78 is 5.16. The van der Waals surface area contributed by atoms with Crippen LogP contribution in [0, 0.1) is 0 Å². The summed E-state index contributed by atoms with van der Waals surface area (Å²) in [4.78, 5) is 37.0. The molecule has 170 valence electrons. The van der Waals surface area contributed by atoms with E-state index in [1.54, 1.807) is 24.3 Å². The molecule has 0 bridgehead atoms. The molecule has 6 heteroatoms. The predicted molar refractivity (Wildman–Crippen MR) is 126 cm³/mol. The van der Waals surface area contributed by atoms with Gasteiger partial charge in [-0.1, -0.05) is 78.9 Å². The monoisotopic (exact) mass is 444 g/mol. The first-order valence-electron chi connectivity index (χ1n) is 11.0. The fraction of sp³-hybridized carbons (Fsp3) is 0.222. The van der Waals surface area contributed by atoms with E-state index in [9.17, 15) is 14.4 Å². The Bertz CT molecular complexity index is 1020. The van der Waals surface area contributed by atoms with Gasteiger partial charge in [-0.3, -0.25) is 14.4 Å². The first kappa shape index (κ1) is 23.7. The lowest BCUT2D eigenvalue weighted by molar-refractivity contribution is -0.149. The largest absolute Gasteiger partial charge is 0.456 e. The Morgan fingerprint density at radius 1 is 0.788 bits per heavy atom. The Hall–Kier alpha value is -3.93. The number of esters is 1. The van der Waals surface area contributed by atoms with Gasteiger partial charge in [-0.05, 0) is 36.1 Å². The molecule has 33 heavy (non-hydrogen) atoms. The van der Waals surface area contributed by atoms with Gasteiger partial charge in [-0.2, -0.15) is 0 Å². The second-order valence-corrected chi connectivity index (χ2v) is 7.61. The maximum atomic E-state index is 12.6. The third-order valence-corrected chi connectivity index (χ3v) is 5.09. The zero-order chi connectivity index (χ0) is 23.3. The number of ether oxygens (including phenoxy) is 1. The lowest BCUT2D eigenvalue weighted by Crippen LogP contribution is -2.32. The van der Waals surface area contributed by atoms with Crippen LogP contribution in [0.2, 0.25) is 0 Å². The van der Waals surface area contributed by atoms with Gasteiger partial charge in [0.25, 0.3) is 11.8 Å². The number of hydrogen-bond donors (Lipinski definition) is 2. The standard InChI is InChI=1S/C27H28N2O4/c30-25(28-18-10-13-21-11-4-1-5-12-21)20-33-26(31)19-24(22-14-6-2-7-15-22)29-27(32)23-16-8-3-9-17-23/h1-9,11-12,14-17,24H,10,13,18-20H2,(H,28,30)(H,29,32). The highest BCUT2D eigenvalue weighted by Crippen LogP contribution is 2.18. The van der Waals surface area contributed by atoms with Crippen molar-refractivity contribution >= 4 is 17.8 Å². The quantitative estimate of drug-likeness (QED) is 0.348. The van der Waals surface area contributed by atoms with E-state index < -0.39 is 12.0 Å². The van der Waals surface area contributed by atoms with E-state index in [-0.39, 0.29) is 24.8 Å². The fourth-order valence-corrected chi connectivity index (χ4v) is 3.36. The maximum Gasteiger partial charge on any atom is 0.308 e. The summed E-state index contributed by atoms with van der Waals surface area (Å²) in [5.74, 6) is -1.19. The molecular formula is C27H28N2O4. The average molecular weight is 445 g/mol. The minimum Gasteiger partial charge on any atom is -0.456 e. The van der Waals surface area contributed by atoms with Crippen LogP contribution in [-0.2, 0) is 20.7 Å². The van der Waals surface area contributed by atoms with E-state index in [0.29, 0.717) is 12.1 Å². The molecule has 2 amide bonds. The van der Waals surface area contributed by atoms with Crippen LogP contribution in [-0.4, -0.2) is 30.9 Å². The summed E-state index contributed by atoms with van der Waals surface area (Å²) in [7, 11) is 0.